The second-order valence-electron chi connectivity index (χ2n) is 6.47. The third-order valence-corrected chi connectivity index (χ3v) is 6.02. The van der Waals surface area contributed by atoms with Crippen LogP contribution in [0.4, 0.5) is 5.00 Å². The molecule has 2 rings (SSSR count). The molecule has 0 aliphatic heterocycles. The topological polar surface area (TPSA) is 80.2 Å². The number of hydrogen-bond acceptors (Lipinski definition) is 6. The maximum atomic E-state index is 12.8. The summed E-state index contributed by atoms with van der Waals surface area (Å²) in [4.78, 5) is 22.9. The fraction of sp³-hybridized carbons (Fsp3) is 0.438. The number of hydrogen-bond donors (Lipinski definition) is 0. The molecule has 0 radical (unpaired) electrons. The standard InChI is InChI=1S/C16H21N3O3S2/c1-11-14(23-13(18-11)12-7-6-8-17-9-12)19(4)15(20)16(2,3)10-24(5,21)22/h6-9H,10H2,1-5H3. The molecule has 0 bridgehead atoms. The van der Waals surface area contributed by atoms with Crippen LogP contribution in [0.1, 0.15) is 19.5 Å². The Morgan fingerprint density at radius 1 is 1.38 bits per heavy atom. The number of carbonyl (C=O) groups excluding carboxylic acids is 1. The highest BCUT2D eigenvalue weighted by molar-refractivity contribution is 7.90. The normalized spacial score (nSPS) is 12.2. The minimum absolute atomic E-state index is 0.198. The Bertz CT molecular complexity index is 843. The Hall–Kier alpha value is -1.80. The van der Waals surface area contributed by atoms with Crippen LogP contribution in [0, 0.1) is 12.3 Å². The van der Waals surface area contributed by atoms with E-state index in [1.807, 2.05) is 19.1 Å². The molecule has 0 saturated heterocycles. The molecule has 0 fully saturated rings. The number of nitrogens with zero attached hydrogens (tertiary/aromatic N) is 3. The van der Waals surface area contributed by atoms with Crippen molar-refractivity contribution in [3.8, 4) is 10.6 Å². The van der Waals surface area contributed by atoms with Gasteiger partial charge < -0.3 is 4.90 Å². The molecule has 0 unspecified atom stereocenters. The van der Waals surface area contributed by atoms with Gasteiger partial charge in [-0.15, -0.1) is 0 Å². The monoisotopic (exact) mass is 367 g/mol. The summed E-state index contributed by atoms with van der Waals surface area (Å²) in [6.07, 6.45) is 4.55. The highest BCUT2D eigenvalue weighted by Crippen LogP contribution is 2.35. The summed E-state index contributed by atoms with van der Waals surface area (Å²) in [6.45, 7) is 5.12. The first-order valence-corrected chi connectivity index (χ1v) is 10.2. The van der Waals surface area contributed by atoms with Crippen LogP contribution in [0.2, 0.25) is 0 Å². The molecule has 0 aromatic carbocycles. The van der Waals surface area contributed by atoms with Crippen LogP contribution in [0.25, 0.3) is 10.6 Å². The number of thiazole rings is 1. The fourth-order valence-electron chi connectivity index (χ4n) is 2.58. The second-order valence-corrected chi connectivity index (χ2v) is 9.59. The summed E-state index contributed by atoms with van der Waals surface area (Å²) in [5.74, 6) is -0.450. The van der Waals surface area contributed by atoms with Gasteiger partial charge in [-0.2, -0.15) is 0 Å². The molecule has 6 nitrogen and oxygen atoms in total. The Balaban J connectivity index is 2.32. The van der Waals surface area contributed by atoms with Crippen LogP contribution >= 0.6 is 11.3 Å². The minimum atomic E-state index is -3.26. The van der Waals surface area contributed by atoms with Crippen LogP contribution in [0.5, 0.6) is 0 Å². The SMILES string of the molecule is Cc1nc(-c2cccnc2)sc1N(C)C(=O)C(C)(C)CS(C)(=O)=O. The summed E-state index contributed by atoms with van der Waals surface area (Å²) < 4.78 is 23.2. The predicted octanol–water partition coefficient (Wildman–Crippen LogP) is 2.55. The van der Waals surface area contributed by atoms with Crippen molar-refractivity contribution in [3.05, 3.63) is 30.2 Å². The molecule has 24 heavy (non-hydrogen) atoms. The van der Waals surface area contributed by atoms with Crippen LogP contribution in [0.15, 0.2) is 24.5 Å². The smallest absolute Gasteiger partial charge is 0.234 e. The van der Waals surface area contributed by atoms with E-state index in [-0.39, 0.29) is 11.7 Å². The van der Waals surface area contributed by atoms with E-state index in [1.165, 1.54) is 16.2 Å². The van der Waals surface area contributed by atoms with Gasteiger partial charge in [0.25, 0.3) is 0 Å². The third kappa shape index (κ3) is 4.18. The quantitative estimate of drug-likeness (QED) is 0.811. The predicted molar refractivity (Wildman–Crippen MR) is 97.0 cm³/mol. The van der Waals surface area contributed by atoms with Crippen molar-refractivity contribution >= 4 is 32.1 Å². The molecule has 130 valence electrons. The van der Waals surface area contributed by atoms with Gasteiger partial charge in [-0.3, -0.25) is 9.78 Å². The molecule has 2 aromatic rings. The number of pyridine rings is 1. The zero-order chi connectivity index (χ0) is 18.1. The maximum Gasteiger partial charge on any atom is 0.234 e. The lowest BCUT2D eigenvalue weighted by atomic mass is 9.94. The number of anilines is 1. The summed E-state index contributed by atoms with van der Waals surface area (Å²) in [6, 6.07) is 3.74. The lowest BCUT2D eigenvalue weighted by Gasteiger charge is -2.28. The van der Waals surface area contributed by atoms with Crippen molar-refractivity contribution in [3.63, 3.8) is 0 Å². The first-order chi connectivity index (χ1) is 11.0. The van der Waals surface area contributed by atoms with Crippen LogP contribution < -0.4 is 4.90 Å². The Morgan fingerprint density at radius 3 is 2.58 bits per heavy atom. The van der Waals surface area contributed by atoms with Crippen molar-refractivity contribution < 1.29 is 13.2 Å². The number of rotatable bonds is 5. The summed E-state index contributed by atoms with van der Waals surface area (Å²) in [5, 5.41) is 1.48. The molecule has 0 aliphatic rings. The van der Waals surface area contributed by atoms with Gasteiger partial charge in [0.2, 0.25) is 5.91 Å². The highest BCUT2D eigenvalue weighted by atomic mass is 32.2. The third-order valence-electron chi connectivity index (χ3n) is 3.49. The molecule has 8 heteroatoms. The lowest BCUT2D eigenvalue weighted by Crippen LogP contribution is -2.42. The molecular formula is C16H21N3O3S2. The Labute approximate surface area is 146 Å². The van der Waals surface area contributed by atoms with Crippen molar-refractivity contribution in [2.24, 2.45) is 5.41 Å². The molecular weight excluding hydrogens is 346 g/mol. The van der Waals surface area contributed by atoms with Gasteiger partial charge in [0.05, 0.1) is 16.9 Å². The number of carbonyl (C=O) groups is 1. The molecule has 2 heterocycles. The van der Waals surface area contributed by atoms with E-state index in [4.69, 9.17) is 0 Å². The van der Waals surface area contributed by atoms with Crippen molar-refractivity contribution in [1.29, 1.82) is 0 Å². The van der Waals surface area contributed by atoms with Gasteiger partial charge in [0.1, 0.15) is 19.8 Å². The summed E-state index contributed by atoms with van der Waals surface area (Å²) >= 11 is 1.39. The molecule has 0 atom stereocenters. The van der Waals surface area contributed by atoms with E-state index in [0.717, 1.165) is 22.5 Å². The zero-order valence-electron chi connectivity index (χ0n) is 14.4. The van der Waals surface area contributed by atoms with Gasteiger partial charge >= 0.3 is 0 Å². The number of sulfone groups is 1. The van der Waals surface area contributed by atoms with E-state index >= 15 is 0 Å². The van der Waals surface area contributed by atoms with E-state index in [1.54, 1.807) is 33.3 Å². The minimum Gasteiger partial charge on any atom is -0.305 e. The fourth-order valence-corrected chi connectivity index (χ4v) is 5.03. The molecule has 0 saturated carbocycles. The Morgan fingerprint density at radius 2 is 2.04 bits per heavy atom. The molecule has 0 spiro atoms. The van der Waals surface area contributed by atoms with Crippen molar-refractivity contribution in [2.75, 3.05) is 24.0 Å². The molecule has 1 amide bonds. The average Bonchev–Trinajstić information content (AvgIpc) is 2.86. The molecule has 0 aliphatic carbocycles. The highest BCUT2D eigenvalue weighted by Gasteiger charge is 2.35. The van der Waals surface area contributed by atoms with Crippen LogP contribution in [-0.2, 0) is 14.6 Å². The average molecular weight is 367 g/mol. The van der Waals surface area contributed by atoms with E-state index in [2.05, 4.69) is 9.97 Å². The number of aryl methyl sites for hydroxylation is 1. The van der Waals surface area contributed by atoms with Crippen LogP contribution in [-0.4, -0.2) is 43.3 Å². The number of aromatic nitrogens is 2. The summed E-state index contributed by atoms with van der Waals surface area (Å²) in [5.41, 5.74) is 0.602. The van der Waals surface area contributed by atoms with Gasteiger partial charge in [0, 0.05) is 31.3 Å². The van der Waals surface area contributed by atoms with E-state index < -0.39 is 15.3 Å². The van der Waals surface area contributed by atoms with Crippen molar-refractivity contribution in [2.45, 2.75) is 20.8 Å². The van der Waals surface area contributed by atoms with Crippen LogP contribution in [0.3, 0.4) is 0 Å². The first-order valence-electron chi connectivity index (χ1n) is 7.35. The largest absolute Gasteiger partial charge is 0.305 e. The second kappa shape index (κ2) is 6.60. The van der Waals surface area contributed by atoms with E-state index in [0.29, 0.717) is 5.00 Å². The van der Waals surface area contributed by atoms with Gasteiger partial charge in [0.15, 0.2) is 0 Å². The zero-order valence-corrected chi connectivity index (χ0v) is 16.0. The van der Waals surface area contributed by atoms with Gasteiger partial charge in [-0.1, -0.05) is 25.2 Å². The number of amides is 1. The maximum absolute atomic E-state index is 12.8. The summed E-state index contributed by atoms with van der Waals surface area (Å²) in [7, 11) is -1.61. The molecule has 0 N–H and O–H groups in total. The van der Waals surface area contributed by atoms with Gasteiger partial charge in [-0.05, 0) is 19.1 Å². The van der Waals surface area contributed by atoms with Gasteiger partial charge in [-0.25, -0.2) is 13.4 Å². The first kappa shape index (κ1) is 18.5. The van der Waals surface area contributed by atoms with E-state index in [9.17, 15) is 13.2 Å². The molecule has 2 aromatic heterocycles. The van der Waals surface area contributed by atoms with Crippen molar-refractivity contribution in [1.82, 2.24) is 9.97 Å². The lowest BCUT2D eigenvalue weighted by molar-refractivity contribution is -0.125. The Kier molecular flexibility index (Phi) is 5.10.